The molecule has 28 heavy (non-hydrogen) atoms. The van der Waals surface area contributed by atoms with Crippen molar-refractivity contribution in [2.24, 2.45) is 0 Å². The maximum absolute atomic E-state index is 13.1. The molecule has 0 aromatic heterocycles. The van der Waals surface area contributed by atoms with E-state index < -0.39 is 10.0 Å². The number of hydrogen-bond donors (Lipinski definition) is 1. The van der Waals surface area contributed by atoms with Crippen LogP contribution in [0.25, 0.3) is 0 Å². The molecule has 2 aromatic rings. The summed E-state index contributed by atoms with van der Waals surface area (Å²) in [6.07, 6.45) is 3.25. The van der Waals surface area contributed by atoms with Crippen LogP contribution >= 0.6 is 11.6 Å². The number of hydrogen-bond acceptors (Lipinski definition) is 3. The number of halogens is 1. The Hall–Kier alpha value is -1.89. The van der Waals surface area contributed by atoms with Crippen molar-refractivity contribution in [3.8, 4) is 0 Å². The predicted octanol–water partition coefficient (Wildman–Crippen LogP) is 4.01. The monoisotopic (exact) mass is 420 g/mol. The average Bonchev–Trinajstić information content (AvgIpc) is 2.69. The predicted molar refractivity (Wildman–Crippen MR) is 111 cm³/mol. The summed E-state index contributed by atoms with van der Waals surface area (Å²) in [6.45, 7) is 2.88. The Kier molecular flexibility index (Phi) is 6.75. The van der Waals surface area contributed by atoms with E-state index in [0.717, 1.165) is 24.8 Å². The molecule has 0 saturated carbocycles. The van der Waals surface area contributed by atoms with Crippen LogP contribution in [0.4, 0.5) is 0 Å². The fourth-order valence-electron chi connectivity index (χ4n) is 3.48. The van der Waals surface area contributed by atoms with Gasteiger partial charge in [0, 0.05) is 29.7 Å². The van der Waals surface area contributed by atoms with E-state index >= 15 is 0 Å². The van der Waals surface area contributed by atoms with Gasteiger partial charge < -0.3 is 5.32 Å². The SMILES string of the molecule is Cc1ccc(S(=O)(=O)N2CCCCC2CCNC(=O)c2ccc(Cl)cc2)cc1. The van der Waals surface area contributed by atoms with Gasteiger partial charge in [0.05, 0.1) is 4.90 Å². The molecule has 1 N–H and O–H groups in total. The standard InChI is InChI=1S/C21H25ClN2O3S/c1-16-5-11-20(12-6-16)28(26,27)24-15-3-2-4-19(24)13-14-23-21(25)17-7-9-18(22)10-8-17/h5-12,19H,2-4,13-15H2,1H3,(H,23,25). The number of carbonyl (C=O) groups is 1. The van der Waals surface area contributed by atoms with Gasteiger partial charge in [-0.3, -0.25) is 4.79 Å². The number of carbonyl (C=O) groups excluding carboxylic acids is 1. The minimum absolute atomic E-state index is 0.106. The Bertz CT molecular complexity index is 912. The fraction of sp³-hybridized carbons (Fsp3) is 0.381. The number of rotatable bonds is 6. The summed E-state index contributed by atoms with van der Waals surface area (Å²) in [5.41, 5.74) is 1.57. The van der Waals surface area contributed by atoms with Crippen LogP contribution in [0, 0.1) is 6.92 Å². The van der Waals surface area contributed by atoms with Crippen LogP contribution in [0.1, 0.15) is 41.6 Å². The number of amides is 1. The van der Waals surface area contributed by atoms with E-state index in [9.17, 15) is 13.2 Å². The van der Waals surface area contributed by atoms with E-state index in [0.29, 0.717) is 35.0 Å². The molecular weight excluding hydrogens is 396 g/mol. The molecular formula is C21H25ClN2O3S. The summed E-state index contributed by atoms with van der Waals surface area (Å²) in [5, 5.41) is 3.46. The van der Waals surface area contributed by atoms with E-state index in [-0.39, 0.29) is 11.9 Å². The highest BCUT2D eigenvalue weighted by atomic mass is 35.5. The normalized spacial score (nSPS) is 18.0. The maximum Gasteiger partial charge on any atom is 0.251 e. The first-order valence-electron chi connectivity index (χ1n) is 9.50. The van der Waals surface area contributed by atoms with Gasteiger partial charge in [-0.1, -0.05) is 35.7 Å². The molecule has 1 aliphatic rings. The van der Waals surface area contributed by atoms with Crippen LogP contribution in [0.15, 0.2) is 53.4 Å². The Morgan fingerprint density at radius 2 is 1.79 bits per heavy atom. The Morgan fingerprint density at radius 1 is 1.11 bits per heavy atom. The zero-order valence-electron chi connectivity index (χ0n) is 15.9. The molecule has 2 aromatic carbocycles. The highest BCUT2D eigenvalue weighted by Gasteiger charge is 2.33. The summed E-state index contributed by atoms with van der Waals surface area (Å²) in [4.78, 5) is 12.6. The lowest BCUT2D eigenvalue weighted by molar-refractivity contribution is 0.0949. The first-order valence-corrected chi connectivity index (χ1v) is 11.3. The molecule has 1 aliphatic heterocycles. The first kappa shape index (κ1) is 20.8. The molecule has 5 nitrogen and oxygen atoms in total. The number of benzene rings is 2. The lowest BCUT2D eigenvalue weighted by Gasteiger charge is -2.34. The van der Waals surface area contributed by atoms with Crippen molar-refractivity contribution in [1.29, 1.82) is 0 Å². The van der Waals surface area contributed by atoms with Crippen molar-refractivity contribution in [2.75, 3.05) is 13.1 Å². The van der Waals surface area contributed by atoms with Gasteiger partial charge in [0.15, 0.2) is 0 Å². The zero-order valence-corrected chi connectivity index (χ0v) is 17.5. The third-order valence-electron chi connectivity index (χ3n) is 5.07. The third-order valence-corrected chi connectivity index (χ3v) is 7.29. The largest absolute Gasteiger partial charge is 0.352 e. The Balaban J connectivity index is 1.64. The van der Waals surface area contributed by atoms with Gasteiger partial charge >= 0.3 is 0 Å². The van der Waals surface area contributed by atoms with Crippen molar-refractivity contribution in [3.63, 3.8) is 0 Å². The zero-order chi connectivity index (χ0) is 20.1. The van der Waals surface area contributed by atoms with E-state index in [1.165, 1.54) is 0 Å². The summed E-state index contributed by atoms with van der Waals surface area (Å²) in [6, 6.07) is 13.6. The second kappa shape index (κ2) is 9.07. The molecule has 1 amide bonds. The molecule has 1 fully saturated rings. The van der Waals surface area contributed by atoms with Gasteiger partial charge in [0.2, 0.25) is 10.0 Å². The molecule has 0 aliphatic carbocycles. The van der Waals surface area contributed by atoms with Crippen molar-refractivity contribution >= 4 is 27.5 Å². The van der Waals surface area contributed by atoms with Crippen LogP contribution < -0.4 is 5.32 Å². The van der Waals surface area contributed by atoms with E-state index in [1.54, 1.807) is 40.7 Å². The van der Waals surface area contributed by atoms with Crippen molar-refractivity contribution in [2.45, 2.75) is 43.5 Å². The van der Waals surface area contributed by atoms with Gasteiger partial charge in [-0.2, -0.15) is 4.31 Å². The number of aryl methyl sites for hydroxylation is 1. The third kappa shape index (κ3) is 4.93. The van der Waals surface area contributed by atoms with Gasteiger partial charge in [-0.15, -0.1) is 0 Å². The minimum Gasteiger partial charge on any atom is -0.352 e. The minimum atomic E-state index is -3.53. The molecule has 1 heterocycles. The summed E-state index contributed by atoms with van der Waals surface area (Å²) < 4.78 is 27.8. The molecule has 0 spiro atoms. The highest BCUT2D eigenvalue weighted by molar-refractivity contribution is 7.89. The topological polar surface area (TPSA) is 66.5 Å². The Labute approximate surface area is 171 Å². The molecule has 1 atom stereocenters. The van der Waals surface area contributed by atoms with Gasteiger partial charge in [0.1, 0.15) is 0 Å². The lowest BCUT2D eigenvalue weighted by atomic mass is 10.0. The molecule has 3 rings (SSSR count). The Morgan fingerprint density at radius 3 is 2.46 bits per heavy atom. The van der Waals surface area contributed by atoms with Crippen molar-refractivity contribution in [1.82, 2.24) is 9.62 Å². The number of piperidine rings is 1. The van der Waals surface area contributed by atoms with Crippen LogP contribution in [-0.4, -0.2) is 37.8 Å². The quantitative estimate of drug-likeness (QED) is 0.767. The average molecular weight is 421 g/mol. The first-order chi connectivity index (χ1) is 13.4. The highest BCUT2D eigenvalue weighted by Crippen LogP contribution is 2.27. The summed E-state index contributed by atoms with van der Waals surface area (Å²) >= 11 is 5.85. The molecule has 1 unspecified atom stereocenters. The summed E-state index contributed by atoms with van der Waals surface area (Å²) in [5.74, 6) is -0.180. The van der Waals surface area contributed by atoms with Gasteiger partial charge in [-0.05, 0) is 62.6 Å². The van der Waals surface area contributed by atoms with Crippen molar-refractivity contribution in [3.05, 3.63) is 64.7 Å². The maximum atomic E-state index is 13.1. The second-order valence-corrected chi connectivity index (χ2v) is 9.46. The van der Waals surface area contributed by atoms with E-state index in [1.807, 2.05) is 19.1 Å². The molecule has 0 radical (unpaired) electrons. The smallest absolute Gasteiger partial charge is 0.251 e. The molecule has 1 saturated heterocycles. The van der Waals surface area contributed by atoms with Crippen LogP contribution in [0.2, 0.25) is 5.02 Å². The molecule has 7 heteroatoms. The van der Waals surface area contributed by atoms with Crippen LogP contribution in [0.5, 0.6) is 0 Å². The van der Waals surface area contributed by atoms with Crippen LogP contribution in [0.3, 0.4) is 0 Å². The fourth-order valence-corrected chi connectivity index (χ4v) is 5.33. The molecule has 150 valence electrons. The van der Waals surface area contributed by atoms with Crippen LogP contribution in [-0.2, 0) is 10.0 Å². The lowest BCUT2D eigenvalue weighted by Crippen LogP contribution is -2.45. The number of nitrogens with zero attached hydrogens (tertiary/aromatic N) is 1. The van der Waals surface area contributed by atoms with Gasteiger partial charge in [-0.25, -0.2) is 8.42 Å². The summed E-state index contributed by atoms with van der Waals surface area (Å²) in [7, 11) is -3.53. The number of nitrogens with one attached hydrogen (secondary N) is 1. The number of sulfonamides is 1. The van der Waals surface area contributed by atoms with E-state index in [4.69, 9.17) is 11.6 Å². The van der Waals surface area contributed by atoms with E-state index in [2.05, 4.69) is 5.32 Å². The molecule has 0 bridgehead atoms. The second-order valence-electron chi connectivity index (χ2n) is 7.13. The van der Waals surface area contributed by atoms with Gasteiger partial charge in [0.25, 0.3) is 5.91 Å². The van der Waals surface area contributed by atoms with Crippen molar-refractivity contribution < 1.29 is 13.2 Å².